The lowest BCUT2D eigenvalue weighted by atomic mass is 9.91. The summed E-state index contributed by atoms with van der Waals surface area (Å²) >= 11 is 0. The van der Waals surface area contributed by atoms with Crippen LogP contribution in [-0.4, -0.2) is 22.0 Å². The summed E-state index contributed by atoms with van der Waals surface area (Å²) in [6.45, 7) is 0. The number of amides is 2. The van der Waals surface area contributed by atoms with Gasteiger partial charge < -0.3 is 20.8 Å². The molecule has 170 valence electrons. The van der Waals surface area contributed by atoms with E-state index in [4.69, 9.17) is 0 Å². The van der Waals surface area contributed by atoms with Gasteiger partial charge in [-0.05, 0) is 36.4 Å². The number of aromatic hydroxyl groups is 2. The third-order valence-corrected chi connectivity index (χ3v) is 5.52. The molecule has 0 aliphatic carbocycles. The maximum Gasteiger partial charge on any atom is 0.251 e. The summed E-state index contributed by atoms with van der Waals surface area (Å²) in [4.78, 5) is 26.3. The molecule has 0 aliphatic rings. The van der Waals surface area contributed by atoms with Crippen LogP contribution >= 0.6 is 0 Å². The Morgan fingerprint density at radius 3 is 1.18 bits per heavy atom. The van der Waals surface area contributed by atoms with Crippen molar-refractivity contribution in [1.29, 1.82) is 0 Å². The van der Waals surface area contributed by atoms with Crippen LogP contribution in [0.15, 0.2) is 109 Å². The molecule has 0 saturated heterocycles. The molecule has 0 aliphatic heterocycles. The Morgan fingerprint density at radius 2 is 0.824 bits per heavy atom. The lowest BCUT2D eigenvalue weighted by Crippen LogP contribution is -2.41. The first-order chi connectivity index (χ1) is 16.5. The molecule has 6 heteroatoms. The zero-order valence-corrected chi connectivity index (χ0v) is 18.3. The highest BCUT2D eigenvalue weighted by Crippen LogP contribution is 2.37. The van der Waals surface area contributed by atoms with Crippen molar-refractivity contribution in [2.24, 2.45) is 0 Å². The van der Waals surface area contributed by atoms with Crippen LogP contribution in [0.25, 0.3) is 0 Å². The second kappa shape index (κ2) is 10.4. The van der Waals surface area contributed by atoms with Gasteiger partial charge in [0, 0.05) is 22.3 Å². The van der Waals surface area contributed by atoms with Crippen molar-refractivity contribution in [3.63, 3.8) is 0 Å². The molecule has 4 rings (SSSR count). The van der Waals surface area contributed by atoms with Crippen molar-refractivity contribution in [3.05, 3.63) is 131 Å². The third-order valence-electron chi connectivity index (χ3n) is 5.52. The van der Waals surface area contributed by atoms with E-state index in [0.29, 0.717) is 22.3 Å². The van der Waals surface area contributed by atoms with Crippen molar-refractivity contribution in [2.75, 3.05) is 0 Å². The second-order valence-corrected chi connectivity index (χ2v) is 7.75. The molecule has 0 heterocycles. The van der Waals surface area contributed by atoms with Gasteiger partial charge in [-0.25, -0.2) is 0 Å². The average molecular weight is 453 g/mol. The highest BCUT2D eigenvalue weighted by atomic mass is 16.3. The fourth-order valence-electron chi connectivity index (χ4n) is 3.81. The van der Waals surface area contributed by atoms with Crippen molar-refractivity contribution < 1.29 is 19.8 Å². The summed E-state index contributed by atoms with van der Waals surface area (Å²) in [5, 5.41) is 27.2. The highest BCUT2D eigenvalue weighted by Gasteiger charge is 2.32. The predicted molar refractivity (Wildman–Crippen MR) is 130 cm³/mol. The van der Waals surface area contributed by atoms with Gasteiger partial charge in [-0.15, -0.1) is 0 Å². The zero-order valence-electron chi connectivity index (χ0n) is 18.3. The van der Waals surface area contributed by atoms with E-state index < -0.39 is 12.1 Å². The first-order valence-corrected chi connectivity index (χ1v) is 10.8. The Balaban J connectivity index is 1.80. The van der Waals surface area contributed by atoms with Crippen molar-refractivity contribution >= 4 is 11.8 Å². The number of para-hydroxylation sites is 2. The van der Waals surface area contributed by atoms with E-state index in [1.807, 2.05) is 12.1 Å². The van der Waals surface area contributed by atoms with Crippen LogP contribution in [0, 0.1) is 0 Å². The summed E-state index contributed by atoms with van der Waals surface area (Å²) in [6, 6.07) is 28.7. The molecule has 4 aromatic carbocycles. The molecule has 34 heavy (non-hydrogen) atoms. The van der Waals surface area contributed by atoms with Crippen LogP contribution in [0.5, 0.6) is 11.5 Å². The molecule has 0 radical (unpaired) electrons. The molecule has 0 spiro atoms. The standard InChI is InChI=1S/C28H24N2O4/c31-23-17-9-7-15-21(23)25(29-27(33)19-11-3-1-4-12-19)26(22-16-8-10-18-24(22)32)30-28(34)20-13-5-2-6-14-20/h1-18,25-26,31-32H,(H,29,33)(H,30,34)/t25-,26+. The SMILES string of the molecule is O=C(N[C@H](c1ccccc1O)[C@@H](NC(=O)c1ccccc1)c1ccccc1O)c1ccccc1. The van der Waals surface area contributed by atoms with Crippen molar-refractivity contribution in [3.8, 4) is 11.5 Å². The molecule has 4 N–H and O–H groups in total. The van der Waals surface area contributed by atoms with Gasteiger partial charge in [-0.1, -0.05) is 72.8 Å². The zero-order chi connectivity index (χ0) is 23.9. The summed E-state index contributed by atoms with van der Waals surface area (Å²) in [7, 11) is 0. The Morgan fingerprint density at radius 1 is 0.500 bits per heavy atom. The van der Waals surface area contributed by atoms with Gasteiger partial charge in [-0.3, -0.25) is 9.59 Å². The fraction of sp³-hybridized carbons (Fsp3) is 0.0714. The second-order valence-electron chi connectivity index (χ2n) is 7.75. The summed E-state index contributed by atoms with van der Waals surface area (Å²) in [6.07, 6.45) is 0. The lowest BCUT2D eigenvalue weighted by Gasteiger charge is -2.30. The van der Waals surface area contributed by atoms with E-state index in [0.717, 1.165) is 0 Å². The molecule has 0 aromatic heterocycles. The number of nitrogens with one attached hydrogen (secondary N) is 2. The van der Waals surface area contributed by atoms with Crippen LogP contribution < -0.4 is 10.6 Å². The minimum Gasteiger partial charge on any atom is -0.508 e. The molecule has 0 unspecified atom stereocenters. The molecular formula is C28H24N2O4. The molecule has 2 amide bonds. The van der Waals surface area contributed by atoms with E-state index in [1.165, 1.54) is 12.1 Å². The van der Waals surface area contributed by atoms with Crippen molar-refractivity contribution in [2.45, 2.75) is 12.1 Å². The quantitative estimate of drug-likeness (QED) is 0.326. The molecule has 4 aromatic rings. The minimum atomic E-state index is -0.894. The number of rotatable bonds is 7. The Bertz CT molecular complexity index is 1170. The first kappa shape index (κ1) is 22.6. The van der Waals surface area contributed by atoms with Crippen LogP contribution in [0.4, 0.5) is 0 Å². The number of carbonyl (C=O) groups excluding carboxylic acids is 2. The molecule has 2 atom stereocenters. The number of phenols is 2. The molecule has 0 saturated carbocycles. The van der Waals surface area contributed by atoms with Gasteiger partial charge in [0.25, 0.3) is 11.8 Å². The number of hydrogen-bond donors (Lipinski definition) is 4. The number of carbonyl (C=O) groups is 2. The molecule has 0 fully saturated rings. The van der Waals surface area contributed by atoms with Crippen LogP contribution in [0.2, 0.25) is 0 Å². The number of benzene rings is 4. The van der Waals surface area contributed by atoms with Gasteiger partial charge >= 0.3 is 0 Å². The molecule has 0 bridgehead atoms. The Hall–Kier alpha value is -4.58. The predicted octanol–water partition coefficient (Wildman–Crippen LogP) is 4.74. The monoisotopic (exact) mass is 452 g/mol. The fourth-order valence-corrected chi connectivity index (χ4v) is 3.81. The van der Waals surface area contributed by atoms with E-state index >= 15 is 0 Å². The largest absolute Gasteiger partial charge is 0.508 e. The average Bonchev–Trinajstić information content (AvgIpc) is 2.88. The molecular weight excluding hydrogens is 428 g/mol. The Labute approximate surface area is 197 Å². The van der Waals surface area contributed by atoms with Gasteiger partial charge in [0.1, 0.15) is 11.5 Å². The van der Waals surface area contributed by atoms with E-state index in [9.17, 15) is 19.8 Å². The first-order valence-electron chi connectivity index (χ1n) is 10.8. The van der Waals surface area contributed by atoms with Gasteiger partial charge in [0.05, 0.1) is 12.1 Å². The minimum absolute atomic E-state index is 0.0461. The Kier molecular flexibility index (Phi) is 6.89. The van der Waals surface area contributed by atoms with Gasteiger partial charge in [0.2, 0.25) is 0 Å². The third kappa shape index (κ3) is 5.07. The highest BCUT2D eigenvalue weighted by molar-refractivity contribution is 5.96. The van der Waals surface area contributed by atoms with Crippen LogP contribution in [0.1, 0.15) is 43.9 Å². The summed E-state index contributed by atoms with van der Waals surface area (Å²) < 4.78 is 0. The van der Waals surface area contributed by atoms with Gasteiger partial charge in [-0.2, -0.15) is 0 Å². The number of phenolic OH excluding ortho intramolecular Hbond substituents is 2. The molecule has 6 nitrogen and oxygen atoms in total. The van der Waals surface area contributed by atoms with Crippen molar-refractivity contribution in [1.82, 2.24) is 10.6 Å². The van der Waals surface area contributed by atoms with Gasteiger partial charge in [0.15, 0.2) is 0 Å². The van der Waals surface area contributed by atoms with E-state index in [-0.39, 0.29) is 23.3 Å². The van der Waals surface area contributed by atoms with Crippen LogP contribution in [0.3, 0.4) is 0 Å². The maximum absolute atomic E-state index is 13.1. The maximum atomic E-state index is 13.1. The summed E-state index contributed by atoms with van der Waals surface area (Å²) in [5.74, 6) is -0.864. The van der Waals surface area contributed by atoms with E-state index in [2.05, 4.69) is 10.6 Å². The number of hydrogen-bond acceptors (Lipinski definition) is 4. The lowest BCUT2D eigenvalue weighted by molar-refractivity contribution is 0.0880. The van der Waals surface area contributed by atoms with E-state index in [1.54, 1.807) is 84.9 Å². The normalized spacial score (nSPS) is 12.4. The smallest absolute Gasteiger partial charge is 0.251 e. The van der Waals surface area contributed by atoms with Crippen LogP contribution in [-0.2, 0) is 0 Å². The summed E-state index contributed by atoms with van der Waals surface area (Å²) in [5.41, 5.74) is 1.64. The topological polar surface area (TPSA) is 98.7 Å².